The summed E-state index contributed by atoms with van der Waals surface area (Å²) in [5, 5.41) is 11.8. The van der Waals surface area contributed by atoms with E-state index < -0.39 is 0 Å². The van der Waals surface area contributed by atoms with Gasteiger partial charge in [-0.1, -0.05) is 5.21 Å². The molecule has 0 aliphatic carbocycles. The lowest BCUT2D eigenvalue weighted by Gasteiger charge is -2.13. The van der Waals surface area contributed by atoms with Crippen molar-refractivity contribution in [3.05, 3.63) is 34.3 Å². The molecule has 3 N–H and O–H groups in total. The third-order valence-electron chi connectivity index (χ3n) is 2.09. The van der Waals surface area contributed by atoms with Crippen molar-refractivity contribution in [1.82, 2.24) is 20.4 Å². The van der Waals surface area contributed by atoms with Crippen molar-refractivity contribution in [2.45, 2.75) is 6.04 Å². The summed E-state index contributed by atoms with van der Waals surface area (Å²) in [4.78, 5) is 0. The van der Waals surface area contributed by atoms with Gasteiger partial charge in [0.05, 0.1) is 17.9 Å². The number of hydrogen-bond acceptors (Lipinski definition) is 5. The van der Waals surface area contributed by atoms with Gasteiger partial charge in [0, 0.05) is 7.05 Å². The van der Waals surface area contributed by atoms with Crippen LogP contribution < -0.4 is 11.3 Å². The average Bonchev–Trinajstić information content (AvgIpc) is 2.80. The summed E-state index contributed by atoms with van der Waals surface area (Å²) >= 11 is 1.64. The highest BCUT2D eigenvalue weighted by atomic mass is 32.1. The summed E-state index contributed by atoms with van der Waals surface area (Å²) in [5.41, 5.74) is 4.83. The fraction of sp³-hybridized carbons (Fsp3) is 0.250. The van der Waals surface area contributed by atoms with Gasteiger partial charge < -0.3 is 0 Å². The van der Waals surface area contributed by atoms with Crippen molar-refractivity contribution in [3.63, 3.8) is 0 Å². The summed E-state index contributed by atoms with van der Waals surface area (Å²) in [5.74, 6) is 5.51. The fourth-order valence-electron chi connectivity index (χ4n) is 1.35. The highest BCUT2D eigenvalue weighted by Crippen LogP contribution is 2.21. The minimum atomic E-state index is -0.0405. The molecule has 2 aromatic rings. The van der Waals surface area contributed by atoms with Crippen LogP contribution in [-0.2, 0) is 7.05 Å². The van der Waals surface area contributed by atoms with Gasteiger partial charge in [-0.25, -0.2) is 5.43 Å². The molecule has 2 heterocycles. The van der Waals surface area contributed by atoms with Crippen LogP contribution in [0.3, 0.4) is 0 Å². The molecule has 0 aliphatic rings. The zero-order chi connectivity index (χ0) is 9.97. The van der Waals surface area contributed by atoms with Crippen molar-refractivity contribution in [2.75, 3.05) is 0 Å². The molecule has 2 aromatic heterocycles. The van der Waals surface area contributed by atoms with Crippen molar-refractivity contribution in [2.24, 2.45) is 12.9 Å². The predicted octanol–water partition coefficient (Wildman–Crippen LogP) is 0.429. The first-order valence-corrected chi connectivity index (χ1v) is 5.10. The average molecular weight is 209 g/mol. The first kappa shape index (κ1) is 9.32. The monoisotopic (exact) mass is 209 g/mol. The van der Waals surface area contributed by atoms with Gasteiger partial charge in [-0.05, 0) is 22.4 Å². The number of thiophene rings is 1. The van der Waals surface area contributed by atoms with Gasteiger partial charge in [-0.15, -0.1) is 5.10 Å². The van der Waals surface area contributed by atoms with Crippen LogP contribution in [0.1, 0.15) is 17.3 Å². The van der Waals surface area contributed by atoms with E-state index in [1.807, 2.05) is 18.5 Å². The Morgan fingerprint density at radius 3 is 3.00 bits per heavy atom. The SMILES string of the molecule is Cn1nncc1C(NN)c1ccsc1. The van der Waals surface area contributed by atoms with Crippen LogP contribution in [0.5, 0.6) is 0 Å². The molecule has 0 radical (unpaired) electrons. The molecule has 0 fully saturated rings. The Balaban J connectivity index is 2.36. The molecule has 0 bridgehead atoms. The summed E-state index contributed by atoms with van der Waals surface area (Å²) in [6.07, 6.45) is 1.71. The van der Waals surface area contributed by atoms with Crippen molar-refractivity contribution in [1.29, 1.82) is 0 Å². The first-order chi connectivity index (χ1) is 6.83. The molecule has 0 saturated heterocycles. The summed E-state index contributed by atoms with van der Waals surface area (Å²) < 4.78 is 1.71. The van der Waals surface area contributed by atoms with E-state index in [1.165, 1.54) is 0 Å². The maximum Gasteiger partial charge on any atom is 0.0902 e. The highest BCUT2D eigenvalue weighted by Gasteiger charge is 2.16. The number of hydrogen-bond donors (Lipinski definition) is 2. The molecular weight excluding hydrogens is 198 g/mol. The first-order valence-electron chi connectivity index (χ1n) is 4.15. The molecule has 74 valence electrons. The van der Waals surface area contributed by atoms with Crippen LogP contribution in [0, 0.1) is 0 Å². The zero-order valence-corrected chi connectivity index (χ0v) is 8.53. The van der Waals surface area contributed by atoms with Gasteiger partial charge in [0.2, 0.25) is 0 Å². The van der Waals surface area contributed by atoms with Crippen LogP contribution in [0.25, 0.3) is 0 Å². The van der Waals surface area contributed by atoms with E-state index in [0.29, 0.717) is 0 Å². The maximum atomic E-state index is 5.51. The quantitative estimate of drug-likeness (QED) is 0.568. The van der Waals surface area contributed by atoms with Gasteiger partial charge >= 0.3 is 0 Å². The molecular formula is C8H11N5S. The maximum absolute atomic E-state index is 5.51. The minimum absolute atomic E-state index is 0.0405. The molecule has 0 amide bonds. The predicted molar refractivity (Wildman–Crippen MR) is 54.5 cm³/mol. The number of nitrogens with zero attached hydrogens (tertiary/aromatic N) is 3. The number of aryl methyl sites for hydroxylation is 1. The molecule has 0 saturated carbocycles. The molecule has 0 aromatic carbocycles. The zero-order valence-electron chi connectivity index (χ0n) is 7.71. The van der Waals surface area contributed by atoms with Crippen molar-refractivity contribution >= 4 is 11.3 Å². The number of rotatable bonds is 3. The fourth-order valence-corrected chi connectivity index (χ4v) is 2.04. The summed E-state index contributed by atoms with van der Waals surface area (Å²) in [7, 11) is 1.85. The molecule has 0 spiro atoms. The molecule has 2 rings (SSSR count). The molecule has 5 nitrogen and oxygen atoms in total. The van der Waals surface area contributed by atoms with Crippen LogP contribution >= 0.6 is 11.3 Å². The third-order valence-corrected chi connectivity index (χ3v) is 2.79. The molecule has 1 unspecified atom stereocenters. The van der Waals surface area contributed by atoms with Gasteiger partial charge in [-0.2, -0.15) is 11.3 Å². The lowest BCUT2D eigenvalue weighted by molar-refractivity contribution is 0.571. The van der Waals surface area contributed by atoms with Gasteiger partial charge in [0.25, 0.3) is 0 Å². The number of nitrogens with two attached hydrogens (primary N) is 1. The summed E-state index contributed by atoms with van der Waals surface area (Å²) in [6, 6.07) is 1.99. The Bertz CT molecular complexity index is 394. The number of aromatic nitrogens is 3. The van der Waals surface area contributed by atoms with E-state index in [-0.39, 0.29) is 6.04 Å². The Morgan fingerprint density at radius 2 is 2.50 bits per heavy atom. The number of hydrazine groups is 1. The minimum Gasteiger partial charge on any atom is -0.271 e. The second-order valence-corrected chi connectivity index (χ2v) is 3.72. The Labute approximate surface area is 85.5 Å². The van der Waals surface area contributed by atoms with Crippen molar-refractivity contribution < 1.29 is 0 Å². The van der Waals surface area contributed by atoms with Gasteiger partial charge in [0.15, 0.2) is 0 Å². The Hall–Kier alpha value is -1.24. The van der Waals surface area contributed by atoms with Gasteiger partial charge in [0.1, 0.15) is 0 Å². The Morgan fingerprint density at radius 1 is 1.64 bits per heavy atom. The normalized spacial score (nSPS) is 13.0. The van der Waals surface area contributed by atoms with E-state index in [2.05, 4.69) is 21.1 Å². The molecule has 6 heteroatoms. The second kappa shape index (κ2) is 3.87. The highest BCUT2D eigenvalue weighted by molar-refractivity contribution is 7.08. The van der Waals surface area contributed by atoms with Gasteiger partial charge in [-0.3, -0.25) is 10.5 Å². The second-order valence-electron chi connectivity index (χ2n) is 2.94. The molecule has 14 heavy (non-hydrogen) atoms. The largest absolute Gasteiger partial charge is 0.271 e. The Kier molecular flexibility index (Phi) is 2.58. The van der Waals surface area contributed by atoms with Crippen LogP contribution in [0.4, 0.5) is 0 Å². The topological polar surface area (TPSA) is 68.8 Å². The van der Waals surface area contributed by atoms with E-state index in [1.54, 1.807) is 22.2 Å². The molecule has 0 aliphatic heterocycles. The van der Waals surface area contributed by atoms with E-state index in [0.717, 1.165) is 11.3 Å². The van der Waals surface area contributed by atoms with E-state index in [9.17, 15) is 0 Å². The van der Waals surface area contributed by atoms with Crippen molar-refractivity contribution in [3.8, 4) is 0 Å². The lowest BCUT2D eigenvalue weighted by atomic mass is 10.1. The molecule has 1 atom stereocenters. The summed E-state index contributed by atoms with van der Waals surface area (Å²) in [6.45, 7) is 0. The van der Waals surface area contributed by atoms with Crippen LogP contribution in [-0.4, -0.2) is 15.0 Å². The van der Waals surface area contributed by atoms with Crippen LogP contribution in [0.2, 0.25) is 0 Å². The number of nitrogens with one attached hydrogen (secondary N) is 1. The third kappa shape index (κ3) is 1.54. The van der Waals surface area contributed by atoms with E-state index in [4.69, 9.17) is 5.84 Å². The van der Waals surface area contributed by atoms with Crippen LogP contribution in [0.15, 0.2) is 23.0 Å². The lowest BCUT2D eigenvalue weighted by Crippen LogP contribution is -2.30. The standard InChI is InChI=1S/C8H11N5S/c1-13-7(4-10-12-13)8(11-9)6-2-3-14-5-6/h2-5,8,11H,9H2,1H3. The smallest absolute Gasteiger partial charge is 0.0902 e. The van der Waals surface area contributed by atoms with E-state index >= 15 is 0 Å².